The van der Waals surface area contributed by atoms with Gasteiger partial charge in [-0.25, -0.2) is 9.59 Å². The number of carbonyl (C=O) groups is 2. The molecule has 1 aliphatic rings. The van der Waals surface area contributed by atoms with Crippen LogP contribution in [0, 0.1) is 5.41 Å². The maximum absolute atomic E-state index is 12.2. The van der Waals surface area contributed by atoms with E-state index in [0.29, 0.717) is 0 Å². The minimum atomic E-state index is -0.608. The molecule has 4 heteroatoms. The molecular formula is C19H28O4. The standard InChI is InChI=1S/C19H28O4/c1-4-7-9-12-19(13-10-8-11-14-19)15-16(17(20)22-5-2)18(21)23-6-3/h8,10-11,13,15H,4-7,9,12,14H2,1-3H3. The Morgan fingerprint density at radius 3 is 2.17 bits per heavy atom. The molecule has 0 saturated carbocycles. The van der Waals surface area contributed by atoms with Crippen LogP contribution in [0.1, 0.15) is 52.9 Å². The van der Waals surface area contributed by atoms with Crippen molar-refractivity contribution in [3.8, 4) is 0 Å². The van der Waals surface area contributed by atoms with Crippen LogP contribution in [0.5, 0.6) is 0 Å². The first-order valence-corrected chi connectivity index (χ1v) is 8.50. The lowest BCUT2D eigenvalue weighted by Gasteiger charge is -2.28. The minimum Gasteiger partial charge on any atom is -0.462 e. The molecule has 0 aromatic rings. The second kappa shape index (κ2) is 10.0. The third-order valence-electron chi connectivity index (χ3n) is 3.84. The average molecular weight is 320 g/mol. The Balaban J connectivity index is 3.09. The zero-order valence-electron chi connectivity index (χ0n) is 14.5. The van der Waals surface area contributed by atoms with Crippen LogP contribution in [0.2, 0.25) is 0 Å². The van der Waals surface area contributed by atoms with Gasteiger partial charge in [0.25, 0.3) is 0 Å². The summed E-state index contributed by atoms with van der Waals surface area (Å²) in [5.74, 6) is -1.22. The van der Waals surface area contributed by atoms with Crippen LogP contribution in [0.25, 0.3) is 0 Å². The lowest BCUT2D eigenvalue weighted by Crippen LogP contribution is -2.24. The molecule has 0 aromatic heterocycles. The molecule has 0 bridgehead atoms. The van der Waals surface area contributed by atoms with E-state index >= 15 is 0 Å². The molecule has 1 rings (SSSR count). The van der Waals surface area contributed by atoms with Gasteiger partial charge in [-0.3, -0.25) is 0 Å². The van der Waals surface area contributed by atoms with Gasteiger partial charge in [-0.1, -0.05) is 56.6 Å². The van der Waals surface area contributed by atoms with Gasteiger partial charge in [0, 0.05) is 5.41 Å². The fraction of sp³-hybridized carbons (Fsp3) is 0.579. The highest BCUT2D eigenvalue weighted by atomic mass is 16.6. The van der Waals surface area contributed by atoms with E-state index in [1.54, 1.807) is 19.9 Å². The number of hydrogen-bond donors (Lipinski definition) is 0. The molecule has 128 valence electrons. The van der Waals surface area contributed by atoms with Crippen LogP contribution in [0.3, 0.4) is 0 Å². The maximum Gasteiger partial charge on any atom is 0.345 e. The van der Waals surface area contributed by atoms with Crippen LogP contribution in [-0.2, 0) is 19.1 Å². The van der Waals surface area contributed by atoms with E-state index in [1.807, 2.05) is 12.2 Å². The molecule has 0 radical (unpaired) electrons. The Hall–Kier alpha value is -1.84. The van der Waals surface area contributed by atoms with Crippen molar-refractivity contribution in [3.05, 3.63) is 36.0 Å². The first-order valence-electron chi connectivity index (χ1n) is 8.50. The Kier molecular flexibility index (Phi) is 8.38. The smallest absolute Gasteiger partial charge is 0.345 e. The maximum atomic E-state index is 12.2. The van der Waals surface area contributed by atoms with E-state index < -0.39 is 11.9 Å². The highest BCUT2D eigenvalue weighted by Crippen LogP contribution is 2.36. The van der Waals surface area contributed by atoms with Gasteiger partial charge >= 0.3 is 11.9 Å². The van der Waals surface area contributed by atoms with Gasteiger partial charge < -0.3 is 9.47 Å². The van der Waals surface area contributed by atoms with Crippen LogP contribution < -0.4 is 0 Å². The summed E-state index contributed by atoms with van der Waals surface area (Å²) in [5.41, 5.74) is -0.316. The molecule has 1 aliphatic carbocycles. The van der Waals surface area contributed by atoms with E-state index in [0.717, 1.165) is 32.1 Å². The largest absolute Gasteiger partial charge is 0.462 e. The first-order chi connectivity index (χ1) is 11.1. The fourth-order valence-electron chi connectivity index (χ4n) is 2.66. The topological polar surface area (TPSA) is 52.6 Å². The number of hydrogen-bond acceptors (Lipinski definition) is 4. The van der Waals surface area contributed by atoms with Gasteiger partial charge in [-0.15, -0.1) is 0 Å². The molecule has 0 saturated heterocycles. The molecule has 0 aromatic carbocycles. The van der Waals surface area contributed by atoms with E-state index in [4.69, 9.17) is 9.47 Å². The summed E-state index contributed by atoms with van der Waals surface area (Å²) in [4.78, 5) is 24.3. The van der Waals surface area contributed by atoms with Gasteiger partial charge in [0.2, 0.25) is 0 Å². The Morgan fingerprint density at radius 2 is 1.70 bits per heavy atom. The van der Waals surface area contributed by atoms with Crippen molar-refractivity contribution in [2.75, 3.05) is 13.2 Å². The van der Waals surface area contributed by atoms with Crippen LogP contribution in [0.15, 0.2) is 36.0 Å². The Bertz CT molecular complexity index is 468. The van der Waals surface area contributed by atoms with Crippen molar-refractivity contribution < 1.29 is 19.1 Å². The van der Waals surface area contributed by atoms with E-state index in [1.165, 1.54) is 0 Å². The summed E-state index contributed by atoms with van der Waals surface area (Å²) in [6.07, 6.45) is 14.8. The summed E-state index contributed by atoms with van der Waals surface area (Å²) < 4.78 is 10.1. The molecule has 1 unspecified atom stereocenters. The quantitative estimate of drug-likeness (QED) is 0.211. The first kappa shape index (κ1) is 19.2. The lowest BCUT2D eigenvalue weighted by atomic mass is 9.76. The van der Waals surface area contributed by atoms with Gasteiger partial charge in [0.05, 0.1) is 13.2 Å². The number of ether oxygens (including phenoxy) is 2. The minimum absolute atomic E-state index is 0.00477. The number of rotatable bonds is 9. The van der Waals surface area contributed by atoms with Crippen molar-refractivity contribution in [2.24, 2.45) is 5.41 Å². The molecule has 0 spiro atoms. The summed E-state index contributed by atoms with van der Waals surface area (Å²) in [7, 11) is 0. The Labute approximate surface area is 139 Å². The molecule has 4 nitrogen and oxygen atoms in total. The van der Waals surface area contributed by atoms with Gasteiger partial charge in [-0.05, 0) is 26.7 Å². The van der Waals surface area contributed by atoms with E-state index in [9.17, 15) is 9.59 Å². The molecular weight excluding hydrogens is 292 g/mol. The number of carbonyl (C=O) groups excluding carboxylic acids is 2. The number of allylic oxidation sites excluding steroid dienone is 5. The highest BCUT2D eigenvalue weighted by Gasteiger charge is 2.30. The lowest BCUT2D eigenvalue weighted by molar-refractivity contribution is -0.146. The van der Waals surface area contributed by atoms with Gasteiger partial charge in [0.1, 0.15) is 5.57 Å². The van der Waals surface area contributed by atoms with Gasteiger partial charge in [0.15, 0.2) is 0 Å². The second-order valence-electron chi connectivity index (χ2n) is 5.68. The summed E-state index contributed by atoms with van der Waals surface area (Å²) in [5, 5.41) is 0. The molecule has 1 atom stereocenters. The Morgan fingerprint density at radius 1 is 1.04 bits per heavy atom. The van der Waals surface area contributed by atoms with Crippen molar-refractivity contribution in [2.45, 2.75) is 52.9 Å². The molecule has 0 N–H and O–H groups in total. The second-order valence-corrected chi connectivity index (χ2v) is 5.68. The average Bonchev–Trinajstić information content (AvgIpc) is 2.54. The number of esters is 2. The fourth-order valence-corrected chi connectivity index (χ4v) is 2.66. The van der Waals surface area contributed by atoms with Crippen molar-refractivity contribution in [1.82, 2.24) is 0 Å². The normalized spacial score (nSPS) is 19.3. The zero-order chi connectivity index (χ0) is 17.1. The highest BCUT2D eigenvalue weighted by molar-refractivity contribution is 6.14. The summed E-state index contributed by atoms with van der Waals surface area (Å²) >= 11 is 0. The van der Waals surface area contributed by atoms with E-state index in [-0.39, 0.29) is 24.2 Å². The van der Waals surface area contributed by atoms with Crippen LogP contribution in [-0.4, -0.2) is 25.2 Å². The molecule has 0 amide bonds. The molecule has 0 fully saturated rings. The van der Waals surface area contributed by atoms with Crippen molar-refractivity contribution >= 4 is 11.9 Å². The zero-order valence-corrected chi connectivity index (χ0v) is 14.5. The third kappa shape index (κ3) is 6.05. The third-order valence-corrected chi connectivity index (χ3v) is 3.84. The van der Waals surface area contributed by atoms with Gasteiger partial charge in [-0.2, -0.15) is 0 Å². The van der Waals surface area contributed by atoms with E-state index in [2.05, 4.69) is 19.1 Å². The summed E-state index contributed by atoms with van der Waals surface area (Å²) in [6, 6.07) is 0. The number of unbranched alkanes of at least 4 members (excludes halogenated alkanes) is 2. The van der Waals surface area contributed by atoms with Crippen molar-refractivity contribution in [3.63, 3.8) is 0 Å². The predicted octanol–water partition coefficient (Wildman–Crippen LogP) is 4.12. The van der Waals surface area contributed by atoms with Crippen LogP contribution in [0.4, 0.5) is 0 Å². The predicted molar refractivity (Wildman–Crippen MR) is 90.8 cm³/mol. The molecule has 23 heavy (non-hydrogen) atoms. The SMILES string of the molecule is CCCCCC1(C=C(C(=O)OCC)C(=O)OCC)C=CC=CC1. The monoisotopic (exact) mass is 320 g/mol. The van der Waals surface area contributed by atoms with Crippen molar-refractivity contribution in [1.29, 1.82) is 0 Å². The molecule has 0 aliphatic heterocycles. The summed E-state index contributed by atoms with van der Waals surface area (Å²) in [6.45, 7) is 6.06. The van der Waals surface area contributed by atoms with Crippen LogP contribution >= 0.6 is 0 Å². The molecule has 0 heterocycles.